The number of aromatic nitrogens is 5. The first-order valence-electron chi connectivity index (χ1n) is 16.2. The number of hydrogen-bond acceptors (Lipinski definition) is 6. The quantitative estimate of drug-likeness (QED) is 0.172. The van der Waals surface area contributed by atoms with Crippen LogP contribution in [0.15, 0.2) is 170 Å². The Morgan fingerprint density at radius 1 is 0.300 bits per heavy atom. The van der Waals surface area contributed by atoms with Crippen LogP contribution >= 0.6 is 0 Å². The Hall–Kier alpha value is -7.10. The van der Waals surface area contributed by atoms with Gasteiger partial charge in [0.05, 0.1) is 23.0 Å². The zero-order chi connectivity index (χ0) is 33.7. The molecule has 0 fully saturated rings. The average molecular weight is 641 g/mol. The molecule has 0 aliphatic rings. The second kappa shape index (κ2) is 13.6. The van der Waals surface area contributed by atoms with E-state index in [9.17, 15) is 5.26 Å². The molecule has 2 heterocycles. The van der Waals surface area contributed by atoms with E-state index in [2.05, 4.69) is 66.7 Å². The van der Waals surface area contributed by atoms with Crippen LogP contribution in [0.1, 0.15) is 5.56 Å². The number of benzene rings is 6. The van der Waals surface area contributed by atoms with Crippen LogP contribution in [0, 0.1) is 11.3 Å². The average Bonchev–Trinajstić information content (AvgIpc) is 3.21. The van der Waals surface area contributed by atoms with Gasteiger partial charge in [-0.15, -0.1) is 0 Å². The second-order valence-corrected chi connectivity index (χ2v) is 11.7. The van der Waals surface area contributed by atoms with Crippen LogP contribution in [-0.4, -0.2) is 24.9 Å². The zero-order valence-corrected chi connectivity index (χ0v) is 26.8. The third-order valence-electron chi connectivity index (χ3n) is 8.42. The van der Waals surface area contributed by atoms with Gasteiger partial charge in [0.25, 0.3) is 0 Å². The van der Waals surface area contributed by atoms with Gasteiger partial charge in [0.2, 0.25) is 0 Å². The van der Waals surface area contributed by atoms with Crippen molar-refractivity contribution in [3.05, 3.63) is 175 Å². The van der Waals surface area contributed by atoms with Crippen molar-refractivity contribution in [2.24, 2.45) is 0 Å². The van der Waals surface area contributed by atoms with E-state index >= 15 is 0 Å². The van der Waals surface area contributed by atoms with Crippen LogP contribution in [0.5, 0.6) is 0 Å². The largest absolute Gasteiger partial charge is 0.228 e. The molecule has 0 radical (unpaired) electrons. The molecule has 6 aromatic carbocycles. The zero-order valence-electron chi connectivity index (χ0n) is 26.8. The lowest BCUT2D eigenvalue weighted by atomic mass is 10.0. The molecule has 0 amide bonds. The van der Waals surface area contributed by atoms with Gasteiger partial charge in [-0.05, 0) is 41.5 Å². The van der Waals surface area contributed by atoms with E-state index < -0.39 is 0 Å². The highest BCUT2D eigenvalue weighted by molar-refractivity contribution is 5.75. The lowest BCUT2D eigenvalue weighted by molar-refractivity contribution is 1.07. The molecule has 0 bridgehead atoms. The predicted molar refractivity (Wildman–Crippen MR) is 198 cm³/mol. The lowest BCUT2D eigenvalue weighted by Gasteiger charge is -2.10. The summed E-state index contributed by atoms with van der Waals surface area (Å²) in [5.41, 5.74) is 10.1. The van der Waals surface area contributed by atoms with Gasteiger partial charge in [-0.1, -0.05) is 140 Å². The van der Waals surface area contributed by atoms with Crippen molar-refractivity contribution in [1.82, 2.24) is 24.9 Å². The van der Waals surface area contributed by atoms with Crippen LogP contribution < -0.4 is 0 Å². The van der Waals surface area contributed by atoms with Gasteiger partial charge in [0.1, 0.15) is 0 Å². The van der Waals surface area contributed by atoms with Crippen molar-refractivity contribution in [3.63, 3.8) is 0 Å². The lowest BCUT2D eigenvalue weighted by Crippen LogP contribution is -2.00. The monoisotopic (exact) mass is 640 g/mol. The maximum Gasteiger partial charge on any atom is 0.164 e. The summed E-state index contributed by atoms with van der Waals surface area (Å²) in [6, 6.07) is 58.4. The molecule has 0 aliphatic carbocycles. The first-order chi connectivity index (χ1) is 24.7. The fraction of sp³-hybridized carbons (Fsp3) is 0. The molecule has 0 unspecified atom stereocenters. The Kier molecular flexibility index (Phi) is 8.20. The molecule has 0 spiro atoms. The fourth-order valence-corrected chi connectivity index (χ4v) is 5.76. The fourth-order valence-electron chi connectivity index (χ4n) is 5.76. The van der Waals surface area contributed by atoms with Gasteiger partial charge in [0.15, 0.2) is 23.3 Å². The molecule has 0 N–H and O–H groups in total. The molecule has 8 rings (SSSR count). The van der Waals surface area contributed by atoms with Gasteiger partial charge < -0.3 is 0 Å². The van der Waals surface area contributed by atoms with E-state index in [-0.39, 0.29) is 0 Å². The smallest absolute Gasteiger partial charge is 0.164 e. The molecular weight excluding hydrogens is 613 g/mol. The molecule has 0 saturated carbocycles. The molecule has 8 aromatic rings. The highest BCUT2D eigenvalue weighted by atomic mass is 15.0. The summed E-state index contributed by atoms with van der Waals surface area (Å²) in [5, 5.41) is 9.26. The van der Waals surface area contributed by atoms with E-state index in [1.54, 1.807) is 12.1 Å². The van der Waals surface area contributed by atoms with Crippen LogP contribution in [0.25, 0.3) is 79.2 Å². The summed E-state index contributed by atoms with van der Waals surface area (Å²) < 4.78 is 0. The summed E-state index contributed by atoms with van der Waals surface area (Å²) >= 11 is 0. The van der Waals surface area contributed by atoms with E-state index in [1.165, 1.54) is 0 Å². The van der Waals surface area contributed by atoms with Gasteiger partial charge in [-0.3, -0.25) is 0 Å². The first-order valence-corrected chi connectivity index (χ1v) is 16.2. The highest BCUT2D eigenvalue weighted by Gasteiger charge is 2.14. The number of rotatable bonds is 7. The Balaban J connectivity index is 1.11. The molecule has 2 aromatic heterocycles. The van der Waals surface area contributed by atoms with Crippen LogP contribution in [0.2, 0.25) is 0 Å². The molecule has 0 saturated heterocycles. The summed E-state index contributed by atoms with van der Waals surface area (Å²) in [4.78, 5) is 24.4. The first kappa shape index (κ1) is 30.2. The summed E-state index contributed by atoms with van der Waals surface area (Å²) in [5.74, 6) is 2.38. The van der Waals surface area contributed by atoms with Gasteiger partial charge in [-0.2, -0.15) is 5.26 Å². The van der Waals surface area contributed by atoms with E-state index in [4.69, 9.17) is 24.9 Å². The molecule has 0 aliphatic heterocycles. The Morgan fingerprint density at radius 3 is 0.980 bits per heavy atom. The van der Waals surface area contributed by atoms with Crippen molar-refractivity contribution < 1.29 is 0 Å². The third kappa shape index (κ3) is 6.40. The van der Waals surface area contributed by atoms with E-state index in [0.29, 0.717) is 28.9 Å². The standard InChI is InChI=1S/C44H28N6/c45-29-30-16-18-36(19-17-30)43-48-42(35-14-8-3-9-15-35)49-44(50-43)38-26-22-32(23-27-38)31-20-24-37(25-21-31)41-46-39(33-10-4-1-5-11-33)28-40(47-41)34-12-6-2-7-13-34/h1-28H. The third-order valence-corrected chi connectivity index (χ3v) is 8.42. The number of nitrogens with zero attached hydrogens (tertiary/aromatic N) is 6. The molecule has 6 heteroatoms. The Morgan fingerprint density at radius 2 is 0.600 bits per heavy atom. The maximum atomic E-state index is 9.26. The van der Waals surface area contributed by atoms with Gasteiger partial charge in [0, 0.05) is 33.4 Å². The minimum Gasteiger partial charge on any atom is -0.228 e. The molecule has 6 nitrogen and oxygen atoms in total. The van der Waals surface area contributed by atoms with E-state index in [0.717, 1.165) is 55.9 Å². The van der Waals surface area contributed by atoms with Crippen molar-refractivity contribution in [3.8, 4) is 85.3 Å². The number of nitriles is 1. The van der Waals surface area contributed by atoms with Crippen molar-refractivity contribution in [2.45, 2.75) is 0 Å². The van der Waals surface area contributed by atoms with Crippen molar-refractivity contribution in [2.75, 3.05) is 0 Å². The SMILES string of the molecule is N#Cc1ccc(-c2nc(-c3ccccc3)nc(-c3ccc(-c4ccc(-c5nc(-c6ccccc6)cc(-c6ccccc6)n5)cc4)cc3)n2)cc1. The molecule has 234 valence electrons. The van der Waals surface area contributed by atoms with Crippen LogP contribution in [-0.2, 0) is 0 Å². The summed E-state index contributed by atoms with van der Waals surface area (Å²) in [7, 11) is 0. The summed E-state index contributed by atoms with van der Waals surface area (Å²) in [6.07, 6.45) is 0. The van der Waals surface area contributed by atoms with Crippen LogP contribution in [0.4, 0.5) is 0 Å². The van der Waals surface area contributed by atoms with Gasteiger partial charge in [-0.25, -0.2) is 24.9 Å². The summed E-state index contributed by atoms with van der Waals surface area (Å²) in [6.45, 7) is 0. The maximum absolute atomic E-state index is 9.26. The molecule has 50 heavy (non-hydrogen) atoms. The minimum atomic E-state index is 0.548. The highest BCUT2D eigenvalue weighted by Crippen LogP contribution is 2.31. The molecule has 0 atom stereocenters. The topological polar surface area (TPSA) is 88.2 Å². The van der Waals surface area contributed by atoms with Gasteiger partial charge >= 0.3 is 0 Å². The normalized spacial score (nSPS) is 10.8. The minimum absolute atomic E-state index is 0.548. The van der Waals surface area contributed by atoms with E-state index in [1.807, 2.05) is 97.1 Å². The number of hydrogen-bond donors (Lipinski definition) is 0. The van der Waals surface area contributed by atoms with Crippen LogP contribution in [0.3, 0.4) is 0 Å². The molecular formula is C44H28N6. The van der Waals surface area contributed by atoms with Crippen molar-refractivity contribution in [1.29, 1.82) is 5.26 Å². The van der Waals surface area contributed by atoms with Crippen molar-refractivity contribution >= 4 is 0 Å². The predicted octanol–water partition coefficient (Wildman–Crippen LogP) is 10.2. The Labute approximate surface area is 290 Å². The second-order valence-electron chi connectivity index (χ2n) is 11.7. The Bertz CT molecular complexity index is 2380.